The van der Waals surface area contributed by atoms with Gasteiger partial charge in [-0.1, -0.05) is 55.4 Å². The van der Waals surface area contributed by atoms with Crippen molar-refractivity contribution in [3.8, 4) is 11.3 Å². The molecule has 0 radical (unpaired) electrons. The Balaban J connectivity index is 2.14. The fourth-order valence-electron chi connectivity index (χ4n) is 1.69. The van der Waals surface area contributed by atoms with Gasteiger partial charge in [-0.2, -0.15) is 0 Å². The molecule has 2 rings (SSSR count). The van der Waals surface area contributed by atoms with Crippen molar-refractivity contribution in [1.29, 1.82) is 0 Å². The first-order chi connectivity index (χ1) is 8.31. The van der Waals surface area contributed by atoms with Crippen LogP contribution < -0.4 is 0 Å². The summed E-state index contributed by atoms with van der Waals surface area (Å²) in [6, 6.07) is 10.3. The van der Waals surface area contributed by atoms with E-state index in [0.717, 1.165) is 22.3 Å². The van der Waals surface area contributed by atoms with Gasteiger partial charge in [0.15, 0.2) is 5.16 Å². The van der Waals surface area contributed by atoms with E-state index in [0.29, 0.717) is 0 Å². The summed E-state index contributed by atoms with van der Waals surface area (Å²) in [5, 5.41) is 1.04. The normalized spacial score (nSPS) is 10.7. The van der Waals surface area contributed by atoms with Gasteiger partial charge in [-0.05, 0) is 13.3 Å². The lowest BCUT2D eigenvalue weighted by Crippen LogP contribution is -1.81. The Kier molecular flexibility index (Phi) is 4.26. The Morgan fingerprint density at radius 1 is 1.24 bits per heavy atom. The standard InChI is InChI=1S/C14H18N2S/c1-3-4-10-17-14-15-11(2)13(16-14)12-8-6-5-7-9-12/h5-9H,3-4,10H2,1-2H3,(H,15,16). The molecule has 0 unspecified atom stereocenters. The van der Waals surface area contributed by atoms with Crippen LogP contribution in [-0.4, -0.2) is 15.7 Å². The minimum atomic E-state index is 1.04. The van der Waals surface area contributed by atoms with Crippen LogP contribution in [0.3, 0.4) is 0 Å². The third-order valence-corrected chi connectivity index (χ3v) is 3.61. The maximum absolute atomic E-state index is 4.66. The van der Waals surface area contributed by atoms with Crippen molar-refractivity contribution in [3.05, 3.63) is 36.0 Å². The summed E-state index contributed by atoms with van der Waals surface area (Å²) in [6.07, 6.45) is 2.48. The van der Waals surface area contributed by atoms with Crippen LogP contribution in [0.25, 0.3) is 11.3 Å². The second-order valence-corrected chi connectivity index (χ2v) is 5.17. The molecule has 3 heteroatoms. The van der Waals surface area contributed by atoms with Gasteiger partial charge in [-0.15, -0.1) is 0 Å². The molecule has 2 nitrogen and oxygen atoms in total. The van der Waals surface area contributed by atoms with E-state index >= 15 is 0 Å². The number of nitrogens with zero attached hydrogens (tertiary/aromatic N) is 1. The highest BCUT2D eigenvalue weighted by atomic mass is 32.2. The molecule has 1 heterocycles. The van der Waals surface area contributed by atoms with Crippen LogP contribution in [-0.2, 0) is 0 Å². The highest BCUT2D eigenvalue weighted by Crippen LogP contribution is 2.25. The summed E-state index contributed by atoms with van der Waals surface area (Å²) in [7, 11) is 0. The summed E-state index contributed by atoms with van der Waals surface area (Å²) in [4.78, 5) is 8.01. The molecule has 0 aliphatic rings. The van der Waals surface area contributed by atoms with Gasteiger partial charge in [0.05, 0.1) is 5.69 Å². The Labute approximate surface area is 107 Å². The van der Waals surface area contributed by atoms with Gasteiger partial charge in [0.25, 0.3) is 0 Å². The highest BCUT2D eigenvalue weighted by Gasteiger charge is 2.08. The van der Waals surface area contributed by atoms with E-state index in [1.165, 1.54) is 18.4 Å². The zero-order valence-corrected chi connectivity index (χ0v) is 11.2. The first kappa shape index (κ1) is 12.2. The van der Waals surface area contributed by atoms with Crippen LogP contribution in [0.2, 0.25) is 0 Å². The minimum absolute atomic E-state index is 1.04. The molecule has 1 aromatic heterocycles. The Morgan fingerprint density at radius 3 is 2.71 bits per heavy atom. The number of hydrogen-bond donors (Lipinski definition) is 1. The van der Waals surface area contributed by atoms with E-state index in [-0.39, 0.29) is 0 Å². The Hall–Kier alpha value is -1.22. The van der Waals surface area contributed by atoms with Crippen LogP contribution in [0.5, 0.6) is 0 Å². The van der Waals surface area contributed by atoms with E-state index in [2.05, 4.69) is 35.9 Å². The number of rotatable bonds is 5. The molecular formula is C14H18N2S. The molecule has 1 N–H and O–H groups in total. The molecule has 0 aliphatic heterocycles. The van der Waals surface area contributed by atoms with Gasteiger partial charge >= 0.3 is 0 Å². The van der Waals surface area contributed by atoms with Crippen molar-refractivity contribution < 1.29 is 0 Å². The Morgan fingerprint density at radius 2 is 2.00 bits per heavy atom. The monoisotopic (exact) mass is 246 g/mol. The quantitative estimate of drug-likeness (QED) is 0.630. The maximum Gasteiger partial charge on any atom is 0.166 e. The fraction of sp³-hybridized carbons (Fsp3) is 0.357. The number of aromatic amines is 1. The summed E-state index contributed by atoms with van der Waals surface area (Å²) < 4.78 is 0. The van der Waals surface area contributed by atoms with Crippen molar-refractivity contribution in [2.45, 2.75) is 31.8 Å². The van der Waals surface area contributed by atoms with E-state index in [1.54, 1.807) is 0 Å². The third-order valence-electron chi connectivity index (χ3n) is 2.65. The number of aromatic nitrogens is 2. The largest absolute Gasteiger partial charge is 0.337 e. The lowest BCUT2D eigenvalue weighted by Gasteiger charge is -1.96. The smallest absolute Gasteiger partial charge is 0.166 e. The summed E-state index contributed by atoms with van der Waals surface area (Å²) >= 11 is 1.81. The van der Waals surface area contributed by atoms with Gasteiger partial charge in [-0.3, -0.25) is 0 Å². The third kappa shape index (κ3) is 3.13. The first-order valence-corrected chi connectivity index (χ1v) is 7.04. The molecule has 0 spiro atoms. The number of benzene rings is 1. The molecule has 1 aromatic carbocycles. The van der Waals surface area contributed by atoms with Gasteiger partial charge < -0.3 is 4.98 Å². The second-order valence-electron chi connectivity index (χ2n) is 4.08. The number of hydrogen-bond acceptors (Lipinski definition) is 2. The van der Waals surface area contributed by atoms with Crippen LogP contribution in [0.15, 0.2) is 35.5 Å². The SMILES string of the molecule is CCCCSc1nc(-c2ccccc2)c(C)[nH]1. The molecule has 17 heavy (non-hydrogen) atoms. The average Bonchev–Trinajstić information content (AvgIpc) is 2.72. The molecule has 0 atom stereocenters. The van der Waals surface area contributed by atoms with Crippen molar-refractivity contribution in [3.63, 3.8) is 0 Å². The van der Waals surface area contributed by atoms with E-state index in [9.17, 15) is 0 Å². The maximum atomic E-state index is 4.66. The summed E-state index contributed by atoms with van der Waals surface area (Å²) in [5.41, 5.74) is 3.41. The van der Waals surface area contributed by atoms with Gasteiger partial charge in [0.2, 0.25) is 0 Å². The lowest BCUT2D eigenvalue weighted by atomic mass is 10.1. The fourth-order valence-corrected chi connectivity index (χ4v) is 2.70. The molecule has 2 aromatic rings. The topological polar surface area (TPSA) is 28.7 Å². The van der Waals surface area contributed by atoms with Gasteiger partial charge in [0.1, 0.15) is 0 Å². The molecule has 0 saturated carbocycles. The summed E-state index contributed by atoms with van der Waals surface area (Å²) in [5.74, 6) is 1.14. The number of nitrogens with one attached hydrogen (secondary N) is 1. The number of H-pyrrole nitrogens is 1. The van der Waals surface area contributed by atoms with Crippen LogP contribution in [0.1, 0.15) is 25.5 Å². The zero-order valence-electron chi connectivity index (χ0n) is 10.4. The average molecular weight is 246 g/mol. The molecule has 0 fully saturated rings. The molecule has 0 bridgehead atoms. The van der Waals surface area contributed by atoms with E-state index in [4.69, 9.17) is 0 Å². The summed E-state index contributed by atoms with van der Waals surface area (Å²) in [6.45, 7) is 4.29. The highest BCUT2D eigenvalue weighted by molar-refractivity contribution is 7.99. The van der Waals surface area contributed by atoms with Crippen molar-refractivity contribution in [2.24, 2.45) is 0 Å². The van der Waals surface area contributed by atoms with Gasteiger partial charge in [-0.25, -0.2) is 4.98 Å². The van der Waals surface area contributed by atoms with Crippen LogP contribution >= 0.6 is 11.8 Å². The predicted molar refractivity (Wildman–Crippen MR) is 74.4 cm³/mol. The van der Waals surface area contributed by atoms with Gasteiger partial charge in [0, 0.05) is 17.0 Å². The second kappa shape index (κ2) is 5.92. The lowest BCUT2D eigenvalue weighted by molar-refractivity contribution is 0.892. The zero-order chi connectivity index (χ0) is 12.1. The van der Waals surface area contributed by atoms with E-state index < -0.39 is 0 Å². The predicted octanol–water partition coefficient (Wildman–Crippen LogP) is 4.28. The van der Waals surface area contributed by atoms with Crippen LogP contribution in [0, 0.1) is 6.92 Å². The molecule has 0 aliphatic carbocycles. The van der Waals surface area contributed by atoms with Crippen molar-refractivity contribution >= 4 is 11.8 Å². The minimum Gasteiger partial charge on any atom is -0.337 e. The molecular weight excluding hydrogens is 228 g/mol. The molecule has 0 saturated heterocycles. The van der Waals surface area contributed by atoms with Crippen molar-refractivity contribution in [1.82, 2.24) is 9.97 Å². The Bertz CT molecular complexity index is 462. The number of unbranched alkanes of at least 4 members (excludes halogenated alkanes) is 1. The number of thioether (sulfide) groups is 1. The van der Waals surface area contributed by atoms with E-state index in [1.807, 2.05) is 30.0 Å². The molecule has 0 amide bonds. The number of imidazole rings is 1. The first-order valence-electron chi connectivity index (χ1n) is 6.06. The number of aryl methyl sites for hydroxylation is 1. The molecule has 90 valence electrons. The van der Waals surface area contributed by atoms with Crippen molar-refractivity contribution in [2.75, 3.05) is 5.75 Å². The van der Waals surface area contributed by atoms with Crippen LogP contribution in [0.4, 0.5) is 0 Å².